The second-order valence-electron chi connectivity index (χ2n) is 21.4. The van der Waals surface area contributed by atoms with Crippen LogP contribution in [0.25, 0.3) is 157 Å². The van der Waals surface area contributed by atoms with Gasteiger partial charge in [-0.1, -0.05) is 172 Å². The largest absolute Gasteiger partial charge is 0.454 e. The van der Waals surface area contributed by atoms with E-state index in [4.69, 9.17) is 7.16 Å². The first kappa shape index (κ1) is 35.9. The molecule has 0 fully saturated rings. The first-order valence-corrected chi connectivity index (χ1v) is 27.0. The van der Waals surface area contributed by atoms with Crippen LogP contribution in [0.3, 0.4) is 0 Å². The maximum Gasteiger partial charge on any atom is 0.237 e. The highest BCUT2D eigenvalue weighted by atomic mass is 32.1. The van der Waals surface area contributed by atoms with Crippen molar-refractivity contribution in [3.63, 3.8) is 0 Å². The van der Waals surface area contributed by atoms with Crippen LogP contribution in [0.5, 0.6) is 0 Å². The third kappa shape index (κ3) is 5.79. The number of benzene rings is 11. The SMILES string of the molecule is [2H]c1c([2H])c([2H])c2c(sc3c2c([2H])c([2H])c2c4c([2H])c([2H])c([2H])c([2H])c4n(-c4c(C#N)c(-n5c6ccccc6c6ccccc65)c(-n5c6ccc(C(C)(C)C)cc6c6ccc7c8ccccc8oc7c65)c(-n5c6ccccc6c6ccccc65)c4[N+]#[C-])c32)c1[2H]. The van der Waals surface area contributed by atoms with Gasteiger partial charge in [0.2, 0.25) is 5.69 Å². The van der Waals surface area contributed by atoms with E-state index in [9.17, 15) is 22.8 Å². The number of nitrogens with zero attached hydrogens (tertiary/aromatic N) is 6. The molecule has 17 rings (SSSR count). The van der Waals surface area contributed by atoms with E-state index in [0.717, 1.165) is 60.0 Å². The Morgan fingerprint density at radius 3 is 1.68 bits per heavy atom. The summed E-state index contributed by atoms with van der Waals surface area (Å²) in [6, 6.07) is 47.6. The van der Waals surface area contributed by atoms with Crippen LogP contribution in [0.4, 0.5) is 5.69 Å². The Hall–Kier alpha value is -10.4. The number of para-hydroxylation sites is 6. The summed E-state index contributed by atoms with van der Waals surface area (Å²) in [6.45, 7) is 16.5. The van der Waals surface area contributed by atoms with Crippen LogP contribution in [-0.4, -0.2) is 18.3 Å². The van der Waals surface area contributed by atoms with Crippen molar-refractivity contribution in [2.45, 2.75) is 26.2 Å². The van der Waals surface area contributed by atoms with Gasteiger partial charge < -0.3 is 22.7 Å². The normalized spacial score (nSPS) is 14.2. The molecular formula is C72H44N6OS. The molecule has 0 atom stereocenters. The highest BCUT2D eigenvalue weighted by Gasteiger charge is 2.36. The Labute approximate surface area is 475 Å². The van der Waals surface area contributed by atoms with Gasteiger partial charge in [-0.25, -0.2) is 4.85 Å². The molecule has 0 N–H and O–H groups in total. The van der Waals surface area contributed by atoms with Crippen LogP contribution in [0, 0.1) is 17.9 Å². The van der Waals surface area contributed by atoms with Gasteiger partial charge in [-0.05, 0) is 71.6 Å². The molecule has 0 unspecified atom stereocenters. The Bertz CT molecular complexity index is 6060. The third-order valence-corrected chi connectivity index (χ3v) is 17.4. The van der Waals surface area contributed by atoms with Crippen LogP contribution >= 0.6 is 11.3 Å². The highest BCUT2D eigenvalue weighted by Crippen LogP contribution is 2.54. The lowest BCUT2D eigenvalue weighted by Crippen LogP contribution is -2.15. The van der Waals surface area contributed by atoms with Gasteiger partial charge in [0, 0.05) is 69.3 Å². The van der Waals surface area contributed by atoms with Gasteiger partial charge in [-0.2, -0.15) is 5.26 Å². The molecule has 0 aliphatic rings. The van der Waals surface area contributed by atoms with E-state index in [1.165, 1.54) is 4.57 Å². The standard InChI is InChI=1S/C72H44N6OS/c1-72(2,3)41-33-38-60-53(39-41)50-34-36-51-47-24-10-17-31-61(47)79-70(51)66(50)78(60)69-65(75-55-26-12-5-19-42(55)43-20-6-13-27-56(43)75)54(40-73)64(63(74-4)68(69)76-57-28-14-7-21-44(57)45-22-8-15-29-58(45)76)77-59-30-16-9-23-46(59)49-35-37-52-48-25-11-18-32-62(48)80-71(52)67(49)77/h5-39H,1-3H3/i9D,11D,16D,18D,23D,25D,30D,32D,35D,37D. The van der Waals surface area contributed by atoms with Crippen LogP contribution in [0.2, 0.25) is 0 Å². The Morgan fingerprint density at radius 2 is 1.02 bits per heavy atom. The molecule has 80 heavy (non-hydrogen) atoms. The third-order valence-electron chi connectivity index (χ3n) is 16.3. The minimum absolute atomic E-state index is 0.0112. The maximum atomic E-state index is 13.0. The maximum absolute atomic E-state index is 13.0. The highest BCUT2D eigenvalue weighted by molar-refractivity contribution is 7.26. The van der Waals surface area contributed by atoms with Gasteiger partial charge in [0.1, 0.15) is 11.7 Å². The molecule has 374 valence electrons. The van der Waals surface area contributed by atoms with E-state index in [1.807, 2.05) is 126 Å². The van der Waals surface area contributed by atoms with Crippen molar-refractivity contribution in [2.24, 2.45) is 0 Å². The van der Waals surface area contributed by atoms with Crippen molar-refractivity contribution in [2.75, 3.05) is 0 Å². The predicted molar refractivity (Wildman–Crippen MR) is 334 cm³/mol. The summed E-state index contributed by atoms with van der Waals surface area (Å²) in [5.41, 5.74) is 6.39. The lowest BCUT2D eigenvalue weighted by Gasteiger charge is -2.27. The van der Waals surface area contributed by atoms with Crippen LogP contribution in [0.15, 0.2) is 217 Å². The molecule has 0 spiro atoms. The van der Waals surface area contributed by atoms with Crippen molar-refractivity contribution in [3.05, 3.63) is 235 Å². The van der Waals surface area contributed by atoms with Crippen molar-refractivity contribution >= 4 is 146 Å². The van der Waals surface area contributed by atoms with Crippen molar-refractivity contribution < 1.29 is 18.1 Å². The van der Waals surface area contributed by atoms with Gasteiger partial charge in [-0.3, -0.25) is 0 Å². The number of furan rings is 1. The van der Waals surface area contributed by atoms with Crippen LogP contribution < -0.4 is 0 Å². The fourth-order valence-corrected chi connectivity index (χ4v) is 14.0. The molecule has 0 aliphatic heterocycles. The Balaban J connectivity index is 1.24. The molecular weight excluding hydrogens is 997 g/mol. The number of hydrogen-bond donors (Lipinski definition) is 0. The number of rotatable bonds is 4. The van der Waals surface area contributed by atoms with Crippen molar-refractivity contribution in [1.82, 2.24) is 18.3 Å². The fraction of sp³-hybridized carbons (Fsp3) is 0.0556. The fourth-order valence-electron chi connectivity index (χ4n) is 12.9. The van der Waals surface area contributed by atoms with Crippen molar-refractivity contribution in [3.8, 4) is 28.8 Å². The Morgan fingerprint density at radius 1 is 0.475 bits per heavy atom. The number of aromatic nitrogens is 4. The molecule has 8 heteroatoms. The lowest BCUT2D eigenvalue weighted by molar-refractivity contribution is 0.591. The van der Waals surface area contributed by atoms with Crippen molar-refractivity contribution in [1.29, 1.82) is 5.26 Å². The summed E-state index contributed by atoms with van der Waals surface area (Å²) in [5.74, 6) is 0. The van der Waals surface area contributed by atoms with Gasteiger partial charge in [0.25, 0.3) is 0 Å². The molecule has 6 aromatic heterocycles. The molecule has 0 radical (unpaired) electrons. The molecule has 0 amide bonds. The first-order valence-electron chi connectivity index (χ1n) is 31.2. The van der Waals surface area contributed by atoms with Gasteiger partial charge in [0.15, 0.2) is 5.58 Å². The van der Waals surface area contributed by atoms with Crippen LogP contribution in [-0.2, 0) is 5.41 Å². The van der Waals surface area contributed by atoms with Gasteiger partial charge in [0.05, 0.1) is 97.4 Å². The number of fused-ring (bicyclic) bond motifs is 20. The van der Waals surface area contributed by atoms with Gasteiger partial charge in [-0.15, -0.1) is 11.3 Å². The molecule has 0 aliphatic carbocycles. The predicted octanol–water partition coefficient (Wildman–Crippen LogP) is 20.1. The molecule has 17 aromatic rings. The van der Waals surface area contributed by atoms with E-state index >= 15 is 0 Å². The average molecular weight is 1050 g/mol. The molecule has 0 bridgehead atoms. The zero-order valence-corrected chi connectivity index (χ0v) is 43.8. The summed E-state index contributed by atoms with van der Waals surface area (Å²) >= 11 is 0.933. The zero-order valence-electron chi connectivity index (χ0n) is 52.9. The molecule has 6 heterocycles. The molecule has 11 aromatic carbocycles. The molecule has 0 saturated carbocycles. The molecule has 0 saturated heterocycles. The van der Waals surface area contributed by atoms with E-state index in [1.54, 1.807) is 0 Å². The van der Waals surface area contributed by atoms with E-state index in [-0.39, 0.29) is 81.7 Å². The van der Waals surface area contributed by atoms with Crippen LogP contribution in [0.1, 0.15) is 45.6 Å². The number of nitriles is 1. The Kier molecular flexibility index (Phi) is 7.21. The smallest absolute Gasteiger partial charge is 0.237 e. The number of thiophene rings is 1. The minimum atomic E-state index is -0.638. The second kappa shape index (κ2) is 16.1. The average Bonchev–Trinajstić information content (AvgIpc) is 1.48. The zero-order chi connectivity index (χ0) is 62.0. The summed E-state index contributed by atoms with van der Waals surface area (Å²) in [4.78, 5) is 4.67. The topological polar surface area (TPSA) is 61.0 Å². The second-order valence-corrected chi connectivity index (χ2v) is 22.4. The quantitative estimate of drug-likeness (QED) is 0.165. The lowest BCUT2D eigenvalue weighted by atomic mass is 9.86. The number of hydrogen-bond acceptors (Lipinski definition) is 3. The van der Waals surface area contributed by atoms with E-state index in [0.29, 0.717) is 50.0 Å². The summed E-state index contributed by atoms with van der Waals surface area (Å²) in [7, 11) is 0. The summed E-state index contributed by atoms with van der Waals surface area (Å²) < 4.78 is 110. The molecule has 7 nitrogen and oxygen atoms in total. The van der Waals surface area contributed by atoms with E-state index < -0.39 is 54.4 Å². The van der Waals surface area contributed by atoms with Gasteiger partial charge >= 0.3 is 0 Å². The summed E-state index contributed by atoms with van der Waals surface area (Å²) in [6.07, 6.45) is 0. The monoisotopic (exact) mass is 1050 g/mol. The first-order chi connectivity index (χ1) is 43.5. The summed E-state index contributed by atoms with van der Waals surface area (Å²) in [5, 5.41) is 19.4. The van der Waals surface area contributed by atoms with E-state index in [2.05, 4.69) is 71.2 Å². The minimum Gasteiger partial charge on any atom is -0.454 e.